The van der Waals surface area contributed by atoms with Crippen LogP contribution in [0.5, 0.6) is 0 Å². The van der Waals surface area contributed by atoms with E-state index >= 15 is 0 Å². The highest BCUT2D eigenvalue weighted by Crippen LogP contribution is 2.69. The van der Waals surface area contributed by atoms with E-state index in [0.717, 1.165) is 12.8 Å². The first-order valence-electron chi connectivity index (χ1n) is 5.07. The van der Waals surface area contributed by atoms with Gasteiger partial charge in [0.25, 0.3) is 0 Å². The van der Waals surface area contributed by atoms with Gasteiger partial charge in [-0.25, -0.2) is 0 Å². The zero-order valence-electron chi connectivity index (χ0n) is 8.74. The predicted octanol–water partition coefficient (Wildman–Crippen LogP) is 0.549. The van der Waals surface area contributed by atoms with Crippen molar-refractivity contribution in [2.45, 2.75) is 37.1 Å². The molecule has 1 aliphatic heterocycles. The first kappa shape index (κ1) is 14.3. The molecule has 0 radical (unpaired) electrons. The lowest BCUT2D eigenvalue weighted by Gasteiger charge is -2.36. The van der Waals surface area contributed by atoms with Gasteiger partial charge in [0.1, 0.15) is 0 Å². The summed E-state index contributed by atoms with van der Waals surface area (Å²) in [6, 6.07) is 0. The quantitative estimate of drug-likeness (QED) is 0.465. The molecule has 96 valence electrons. The van der Waals surface area contributed by atoms with Crippen molar-refractivity contribution in [1.82, 2.24) is 5.32 Å². The maximum Gasteiger partial charge on any atom is 0.357 e. The summed E-state index contributed by atoms with van der Waals surface area (Å²) in [7, 11) is -9.83. The maximum absolute atomic E-state index is 11.4. The summed E-state index contributed by atoms with van der Waals surface area (Å²) in [5.41, 5.74) is 0. The van der Waals surface area contributed by atoms with Gasteiger partial charge in [-0.15, -0.1) is 0 Å². The van der Waals surface area contributed by atoms with Crippen LogP contribution in [-0.4, -0.2) is 31.1 Å². The number of hydrogen-bond donors (Lipinski definition) is 5. The molecule has 7 nitrogen and oxygen atoms in total. The lowest BCUT2D eigenvalue weighted by molar-refractivity contribution is 0.271. The van der Waals surface area contributed by atoms with Crippen LogP contribution in [0.1, 0.15) is 32.1 Å². The topological polar surface area (TPSA) is 127 Å². The molecule has 0 aliphatic carbocycles. The maximum atomic E-state index is 11.4. The Hall–Kier alpha value is 0.260. The Bertz CT molecular complexity index is 302. The molecule has 1 fully saturated rings. The van der Waals surface area contributed by atoms with E-state index in [-0.39, 0.29) is 13.0 Å². The molecule has 0 aromatic carbocycles. The van der Waals surface area contributed by atoms with E-state index in [0.29, 0.717) is 12.8 Å². The summed E-state index contributed by atoms with van der Waals surface area (Å²) in [5.74, 6) is 0. The van der Waals surface area contributed by atoms with Gasteiger partial charge in [0.2, 0.25) is 5.02 Å². The van der Waals surface area contributed by atoms with Gasteiger partial charge in [0.15, 0.2) is 0 Å². The Balaban J connectivity index is 3.11. The van der Waals surface area contributed by atoms with Crippen LogP contribution >= 0.6 is 15.2 Å². The average Bonchev–Trinajstić information content (AvgIpc) is 1.97. The van der Waals surface area contributed by atoms with Crippen LogP contribution in [0.15, 0.2) is 0 Å². The molecule has 9 heteroatoms. The van der Waals surface area contributed by atoms with Crippen molar-refractivity contribution in [2.75, 3.05) is 6.54 Å². The normalized spacial score (nSPS) is 23.5. The molecule has 0 aromatic heterocycles. The summed E-state index contributed by atoms with van der Waals surface area (Å²) < 4.78 is 22.7. The minimum Gasteiger partial charge on any atom is -0.323 e. The summed E-state index contributed by atoms with van der Waals surface area (Å²) in [6.45, 7) is 0.205. The van der Waals surface area contributed by atoms with Crippen molar-refractivity contribution in [3.8, 4) is 0 Å². The highest BCUT2D eigenvalue weighted by Gasteiger charge is 2.59. The highest BCUT2D eigenvalue weighted by atomic mass is 31.2. The minimum atomic E-state index is -4.91. The second-order valence-electron chi connectivity index (χ2n) is 4.00. The smallest absolute Gasteiger partial charge is 0.323 e. The SMILES string of the molecule is O=P(O)(O)C1(P(=O)(O)O)CCCCCCN1. The fraction of sp³-hybridized carbons (Fsp3) is 1.00. The molecule has 1 aliphatic rings. The third-order valence-electron chi connectivity index (χ3n) is 2.82. The standard InChI is InChI=1S/C7H17NO6P2/c9-15(10,11)7(16(12,13)14)5-3-1-2-4-6-8-7/h8H,1-6H2,(H2,9,10,11)(H2,12,13,14). The summed E-state index contributed by atoms with van der Waals surface area (Å²) in [5, 5.41) is 0.000293. The second-order valence-corrected chi connectivity index (χ2v) is 8.05. The first-order valence-corrected chi connectivity index (χ1v) is 8.29. The zero-order valence-corrected chi connectivity index (χ0v) is 10.5. The van der Waals surface area contributed by atoms with E-state index in [9.17, 15) is 28.7 Å². The monoisotopic (exact) mass is 273 g/mol. The van der Waals surface area contributed by atoms with E-state index in [2.05, 4.69) is 5.32 Å². The van der Waals surface area contributed by atoms with Crippen molar-refractivity contribution < 1.29 is 28.7 Å². The molecule has 0 unspecified atom stereocenters. The average molecular weight is 273 g/mol. The molecule has 0 spiro atoms. The number of hydrogen-bond acceptors (Lipinski definition) is 3. The summed E-state index contributed by atoms with van der Waals surface area (Å²) in [4.78, 5) is 36.8. The zero-order chi connectivity index (χ0) is 12.4. The Morgan fingerprint density at radius 2 is 1.38 bits per heavy atom. The van der Waals surface area contributed by atoms with Gasteiger partial charge >= 0.3 is 15.2 Å². The highest BCUT2D eigenvalue weighted by molar-refractivity contribution is 7.72. The molecule has 0 amide bonds. The largest absolute Gasteiger partial charge is 0.357 e. The van der Waals surface area contributed by atoms with E-state index in [4.69, 9.17) is 0 Å². The van der Waals surface area contributed by atoms with Crippen LogP contribution in [0.4, 0.5) is 0 Å². The summed E-state index contributed by atoms with van der Waals surface area (Å²) >= 11 is 0. The fourth-order valence-electron chi connectivity index (χ4n) is 1.89. The molecule has 16 heavy (non-hydrogen) atoms. The molecular formula is C7H17NO6P2. The Labute approximate surface area is 93.6 Å². The van der Waals surface area contributed by atoms with Crippen molar-refractivity contribution >= 4 is 15.2 Å². The van der Waals surface area contributed by atoms with Gasteiger partial charge in [-0.3, -0.25) is 14.4 Å². The summed E-state index contributed by atoms with van der Waals surface area (Å²) in [6.07, 6.45) is 2.46. The number of nitrogens with one attached hydrogen (secondary N) is 1. The van der Waals surface area contributed by atoms with Crippen LogP contribution in [0.2, 0.25) is 0 Å². The third-order valence-corrected chi connectivity index (χ3v) is 7.08. The minimum absolute atomic E-state index is 0.205. The van der Waals surface area contributed by atoms with Gasteiger partial charge in [-0.2, -0.15) is 0 Å². The van der Waals surface area contributed by atoms with Gasteiger partial charge in [0.05, 0.1) is 0 Å². The van der Waals surface area contributed by atoms with Crippen LogP contribution < -0.4 is 5.32 Å². The van der Waals surface area contributed by atoms with E-state index in [1.54, 1.807) is 0 Å². The van der Waals surface area contributed by atoms with Crippen LogP contribution in [0, 0.1) is 0 Å². The molecular weight excluding hydrogens is 256 g/mol. The second kappa shape index (κ2) is 4.86. The van der Waals surface area contributed by atoms with E-state index < -0.39 is 20.2 Å². The molecule has 1 heterocycles. The Morgan fingerprint density at radius 3 is 1.88 bits per heavy atom. The number of rotatable bonds is 2. The van der Waals surface area contributed by atoms with Crippen LogP contribution in [-0.2, 0) is 9.13 Å². The Morgan fingerprint density at radius 1 is 0.875 bits per heavy atom. The van der Waals surface area contributed by atoms with Crippen molar-refractivity contribution in [3.05, 3.63) is 0 Å². The van der Waals surface area contributed by atoms with Gasteiger partial charge in [-0.1, -0.05) is 19.3 Å². The van der Waals surface area contributed by atoms with Gasteiger partial charge in [-0.05, 0) is 19.4 Å². The van der Waals surface area contributed by atoms with Gasteiger partial charge < -0.3 is 19.6 Å². The van der Waals surface area contributed by atoms with Crippen LogP contribution in [0.3, 0.4) is 0 Å². The van der Waals surface area contributed by atoms with Crippen molar-refractivity contribution in [2.24, 2.45) is 0 Å². The van der Waals surface area contributed by atoms with E-state index in [1.807, 2.05) is 0 Å². The molecule has 1 saturated heterocycles. The third kappa shape index (κ3) is 2.74. The predicted molar refractivity (Wildman–Crippen MR) is 57.9 cm³/mol. The Kier molecular flexibility index (Phi) is 4.35. The molecule has 5 N–H and O–H groups in total. The molecule has 1 rings (SSSR count). The van der Waals surface area contributed by atoms with Gasteiger partial charge in [0, 0.05) is 0 Å². The molecule has 0 atom stereocenters. The lowest BCUT2D eigenvalue weighted by atomic mass is 10.1. The van der Waals surface area contributed by atoms with Crippen LogP contribution in [0.25, 0.3) is 0 Å². The lowest BCUT2D eigenvalue weighted by Crippen LogP contribution is -2.45. The van der Waals surface area contributed by atoms with Crippen molar-refractivity contribution in [3.63, 3.8) is 0 Å². The molecule has 0 bridgehead atoms. The fourth-order valence-corrected chi connectivity index (χ4v) is 4.79. The first-order chi connectivity index (χ1) is 7.21. The van der Waals surface area contributed by atoms with Crippen molar-refractivity contribution in [1.29, 1.82) is 0 Å². The molecule has 0 saturated carbocycles. The molecule has 0 aromatic rings. The van der Waals surface area contributed by atoms with E-state index in [1.165, 1.54) is 0 Å².